The van der Waals surface area contributed by atoms with Gasteiger partial charge in [-0.15, -0.1) is 0 Å². The fourth-order valence-corrected chi connectivity index (χ4v) is 2.66. The molecule has 8 nitrogen and oxygen atoms in total. The van der Waals surface area contributed by atoms with Crippen LogP contribution in [-0.2, 0) is 36.4 Å². The van der Waals surface area contributed by atoms with Crippen LogP contribution in [0.5, 0.6) is 0 Å². The van der Waals surface area contributed by atoms with Crippen molar-refractivity contribution in [3.63, 3.8) is 0 Å². The maximum atomic E-state index is 11.4. The Kier molecular flexibility index (Phi) is 7.49. The van der Waals surface area contributed by atoms with Crippen LogP contribution in [0.25, 0.3) is 0 Å². The standard InChI is InChI=1S/C13H19IO8/c1-6-11(20-7(2)15)13(22-9(4)17)12(21-8(3)16)10(19-6)5-18-14/h6,10-13H,5H2,1-4H3/t6-,10-,11?,12+,13?/m0/s1. The molecule has 9 heteroatoms. The number of carbonyl (C=O) groups excluding carboxylic acids is 3. The zero-order chi connectivity index (χ0) is 16.9. The molecule has 1 saturated heterocycles. The van der Waals surface area contributed by atoms with Crippen molar-refractivity contribution in [2.45, 2.75) is 58.2 Å². The Morgan fingerprint density at radius 3 is 1.82 bits per heavy atom. The molecule has 1 aliphatic rings. The second kappa shape index (κ2) is 8.63. The van der Waals surface area contributed by atoms with Crippen molar-refractivity contribution in [3.8, 4) is 0 Å². The van der Waals surface area contributed by atoms with Crippen molar-refractivity contribution in [2.24, 2.45) is 0 Å². The lowest BCUT2D eigenvalue weighted by Crippen LogP contribution is -2.61. The summed E-state index contributed by atoms with van der Waals surface area (Å²) in [6, 6.07) is 0. The molecule has 0 aliphatic carbocycles. The lowest BCUT2D eigenvalue weighted by Gasteiger charge is -2.43. The SMILES string of the molecule is CC(=O)OC1C(OC(C)=O)[C@H](OC(C)=O)[C@H](COI)O[C@H]1C. The summed E-state index contributed by atoms with van der Waals surface area (Å²) in [5, 5.41) is 0. The van der Waals surface area contributed by atoms with Crippen LogP contribution in [0, 0.1) is 0 Å². The highest BCUT2D eigenvalue weighted by atomic mass is 127. The van der Waals surface area contributed by atoms with Gasteiger partial charge >= 0.3 is 17.9 Å². The molecular weight excluding hydrogens is 411 g/mol. The normalized spacial score (nSPS) is 31.2. The lowest BCUT2D eigenvalue weighted by atomic mass is 9.95. The van der Waals surface area contributed by atoms with Crippen molar-refractivity contribution in [1.29, 1.82) is 0 Å². The molecule has 0 bridgehead atoms. The van der Waals surface area contributed by atoms with Gasteiger partial charge in [0.25, 0.3) is 0 Å². The highest BCUT2D eigenvalue weighted by molar-refractivity contribution is 14.1. The number of esters is 3. The minimum Gasteiger partial charge on any atom is -0.456 e. The van der Waals surface area contributed by atoms with Crippen molar-refractivity contribution in [2.75, 3.05) is 6.61 Å². The van der Waals surface area contributed by atoms with Gasteiger partial charge in [0.15, 0.2) is 18.3 Å². The van der Waals surface area contributed by atoms with Crippen LogP contribution < -0.4 is 0 Å². The molecule has 0 radical (unpaired) electrons. The zero-order valence-corrected chi connectivity index (χ0v) is 14.9. The first-order chi connectivity index (χ1) is 10.3. The topological polar surface area (TPSA) is 97.4 Å². The van der Waals surface area contributed by atoms with E-state index < -0.39 is 48.4 Å². The monoisotopic (exact) mass is 430 g/mol. The van der Waals surface area contributed by atoms with Crippen molar-refractivity contribution in [1.82, 2.24) is 0 Å². The van der Waals surface area contributed by atoms with Crippen molar-refractivity contribution >= 4 is 40.9 Å². The van der Waals surface area contributed by atoms with Crippen molar-refractivity contribution in [3.05, 3.63) is 0 Å². The fraction of sp³-hybridized carbons (Fsp3) is 0.769. The number of hydrogen-bond acceptors (Lipinski definition) is 8. The van der Waals surface area contributed by atoms with E-state index in [9.17, 15) is 14.4 Å². The average Bonchev–Trinajstić information content (AvgIpc) is 2.37. The van der Waals surface area contributed by atoms with Gasteiger partial charge in [-0.25, -0.2) is 0 Å². The number of ether oxygens (including phenoxy) is 4. The fourth-order valence-electron chi connectivity index (χ4n) is 2.31. The lowest BCUT2D eigenvalue weighted by molar-refractivity contribution is -0.246. The summed E-state index contributed by atoms with van der Waals surface area (Å²) < 4.78 is 26.3. The third-order valence-corrected chi connectivity index (χ3v) is 3.36. The van der Waals surface area contributed by atoms with Gasteiger partial charge in [0, 0.05) is 20.8 Å². The summed E-state index contributed by atoms with van der Waals surface area (Å²) in [4.78, 5) is 34.0. The molecular formula is C13H19IO8. The number of carbonyl (C=O) groups is 3. The van der Waals surface area contributed by atoms with E-state index in [1.165, 1.54) is 20.8 Å². The van der Waals surface area contributed by atoms with Crippen LogP contribution in [-0.4, -0.2) is 55.0 Å². The molecule has 0 N–H and O–H groups in total. The van der Waals surface area contributed by atoms with Gasteiger partial charge < -0.3 is 22.0 Å². The predicted molar refractivity (Wildman–Crippen MR) is 81.0 cm³/mol. The molecule has 1 rings (SSSR count). The average molecular weight is 430 g/mol. The Balaban J connectivity index is 3.09. The molecule has 2 unspecified atom stereocenters. The molecule has 126 valence electrons. The molecule has 22 heavy (non-hydrogen) atoms. The van der Waals surface area contributed by atoms with E-state index in [4.69, 9.17) is 22.0 Å². The summed E-state index contributed by atoms with van der Waals surface area (Å²) in [6.45, 7) is 5.48. The first kappa shape index (κ1) is 19.1. The van der Waals surface area contributed by atoms with Gasteiger partial charge in [-0.05, 0) is 6.92 Å². The van der Waals surface area contributed by atoms with Gasteiger partial charge in [-0.3, -0.25) is 14.4 Å². The molecule has 1 aliphatic heterocycles. The minimum absolute atomic E-state index is 0.118. The summed E-state index contributed by atoms with van der Waals surface area (Å²) >= 11 is 1.68. The summed E-state index contributed by atoms with van der Waals surface area (Å²) in [6.07, 6.45) is -3.98. The molecule has 1 heterocycles. The van der Waals surface area contributed by atoms with E-state index >= 15 is 0 Å². The van der Waals surface area contributed by atoms with Crippen molar-refractivity contribution < 1.29 is 36.4 Å². The van der Waals surface area contributed by atoms with Gasteiger partial charge in [0.1, 0.15) is 29.1 Å². The number of hydrogen-bond donors (Lipinski definition) is 0. The van der Waals surface area contributed by atoms with Crippen LogP contribution in [0.3, 0.4) is 0 Å². The molecule has 0 saturated carbocycles. The Morgan fingerprint density at radius 2 is 1.36 bits per heavy atom. The van der Waals surface area contributed by atoms with E-state index in [1.807, 2.05) is 0 Å². The van der Waals surface area contributed by atoms with E-state index in [0.717, 1.165) is 0 Å². The summed E-state index contributed by atoms with van der Waals surface area (Å²) in [7, 11) is 0. The number of rotatable bonds is 5. The third-order valence-electron chi connectivity index (χ3n) is 3.00. The third kappa shape index (κ3) is 5.36. The second-order valence-corrected chi connectivity index (χ2v) is 5.50. The van der Waals surface area contributed by atoms with Gasteiger partial charge in [0.2, 0.25) is 0 Å². The van der Waals surface area contributed by atoms with Crippen LogP contribution in [0.15, 0.2) is 0 Å². The molecule has 5 atom stereocenters. The molecule has 0 amide bonds. The summed E-state index contributed by atoms with van der Waals surface area (Å²) in [5.74, 6) is -1.70. The van der Waals surface area contributed by atoms with E-state index in [2.05, 4.69) is 0 Å². The Morgan fingerprint density at radius 1 is 0.909 bits per heavy atom. The Labute approximate surface area is 142 Å². The maximum absolute atomic E-state index is 11.4. The van der Waals surface area contributed by atoms with E-state index in [1.54, 1.807) is 29.9 Å². The first-order valence-corrected chi connectivity index (χ1v) is 7.55. The molecule has 0 aromatic rings. The van der Waals surface area contributed by atoms with Gasteiger partial charge in [-0.1, -0.05) is 0 Å². The Hall–Kier alpha value is -0.940. The first-order valence-electron chi connectivity index (χ1n) is 6.67. The number of halogens is 1. The van der Waals surface area contributed by atoms with Crippen LogP contribution in [0.4, 0.5) is 0 Å². The smallest absolute Gasteiger partial charge is 0.303 e. The van der Waals surface area contributed by atoms with Crippen LogP contribution in [0.2, 0.25) is 0 Å². The Bertz CT molecular complexity index is 426. The van der Waals surface area contributed by atoms with Gasteiger partial charge in [0.05, 0.1) is 12.7 Å². The second-order valence-electron chi connectivity index (χ2n) is 4.88. The highest BCUT2D eigenvalue weighted by Crippen LogP contribution is 2.29. The van der Waals surface area contributed by atoms with Crippen LogP contribution in [0.1, 0.15) is 27.7 Å². The maximum Gasteiger partial charge on any atom is 0.303 e. The predicted octanol–water partition coefficient (Wildman–Crippen LogP) is 0.935. The molecule has 0 aromatic heterocycles. The van der Waals surface area contributed by atoms with E-state index in [0.29, 0.717) is 0 Å². The van der Waals surface area contributed by atoms with Gasteiger partial charge in [-0.2, -0.15) is 0 Å². The quantitative estimate of drug-likeness (QED) is 0.361. The zero-order valence-electron chi connectivity index (χ0n) is 12.7. The van der Waals surface area contributed by atoms with E-state index in [-0.39, 0.29) is 6.61 Å². The molecule has 1 fully saturated rings. The molecule has 0 spiro atoms. The summed E-state index contributed by atoms with van der Waals surface area (Å²) in [5.41, 5.74) is 0. The minimum atomic E-state index is -0.967. The highest BCUT2D eigenvalue weighted by Gasteiger charge is 2.50. The largest absolute Gasteiger partial charge is 0.456 e. The molecule has 0 aromatic carbocycles. The van der Waals surface area contributed by atoms with Crippen LogP contribution >= 0.6 is 23.0 Å².